The van der Waals surface area contributed by atoms with E-state index in [9.17, 15) is 0 Å². The van der Waals surface area contributed by atoms with Gasteiger partial charge in [0, 0.05) is 53.5 Å². The molecule has 0 bridgehead atoms. The minimum Gasteiger partial charge on any atom is -0.308 e. The monoisotopic (exact) mass is 1710 g/mol. The summed E-state index contributed by atoms with van der Waals surface area (Å²) in [5, 5.41) is 5.06. The van der Waals surface area contributed by atoms with E-state index in [4.69, 9.17) is 0 Å². The van der Waals surface area contributed by atoms with Gasteiger partial charge in [0.2, 0.25) is 0 Å². The van der Waals surface area contributed by atoms with Crippen molar-refractivity contribution in [3.63, 3.8) is 0 Å². The molecule has 4 atom stereocenters. The second-order valence-electron chi connectivity index (χ2n) is 38.1. The zero-order chi connectivity index (χ0) is 85.0. The Bertz CT molecular complexity index is 3480. The summed E-state index contributed by atoms with van der Waals surface area (Å²) < 4.78 is 0. The standard InChI is InChI=1S/C112H178N2O2S4/c1-11-21-31-41-47-57-65-89(63-53-37-27-17-7)77-93-81-103(117-87-93)105-85-97(79-91(67-55-39-29-19-9)69-59-49-43-33-23-13-3)109(119-105)95-71-73-99-101(83-95)113(75-61-51-45-35-25-15-5)111(115)107(99)108-100-74-72-96(84-102(100)114(112(108)116)76-62-52-46-36-26-16-6)110-98(80-92(68-56-40-30-20-10)70-60-50-44-34-24-14-4)86-106(120-110)104-82-94(88-118-104)78-90(64-54-38-28-18-8)66-58-48-42-32-22-12-2/h71-74,81-92H,11-70,75-80H2,1-10H3/b108-107+. The minimum absolute atomic E-state index is 0.0148. The lowest BCUT2D eigenvalue weighted by atomic mass is 9.87. The first-order chi connectivity index (χ1) is 59.0. The molecule has 8 rings (SSSR count). The van der Waals surface area contributed by atoms with Crippen LogP contribution in [-0.2, 0) is 35.3 Å². The first kappa shape index (κ1) is 101. The van der Waals surface area contributed by atoms with Gasteiger partial charge in [-0.15, -0.1) is 45.3 Å². The summed E-state index contributed by atoms with van der Waals surface area (Å²) in [5.41, 5.74) is 13.7. The molecule has 6 aromatic rings. The van der Waals surface area contributed by atoms with Gasteiger partial charge >= 0.3 is 0 Å². The van der Waals surface area contributed by atoms with Crippen LogP contribution >= 0.6 is 45.3 Å². The van der Waals surface area contributed by atoms with Crippen molar-refractivity contribution in [1.82, 2.24) is 0 Å². The van der Waals surface area contributed by atoms with Gasteiger partial charge in [-0.3, -0.25) is 9.59 Å². The van der Waals surface area contributed by atoms with Crippen molar-refractivity contribution in [3.05, 3.63) is 105 Å². The number of hydrogen-bond acceptors (Lipinski definition) is 6. The summed E-state index contributed by atoms with van der Waals surface area (Å²) in [6.45, 7) is 24.7. The summed E-state index contributed by atoms with van der Waals surface area (Å²) in [6.07, 6.45) is 82.6. The summed E-state index contributed by atoms with van der Waals surface area (Å²) in [7, 11) is 0. The van der Waals surface area contributed by atoms with Crippen LogP contribution in [0.1, 0.15) is 488 Å². The molecule has 0 N–H and O–H groups in total. The molecule has 2 aromatic carbocycles. The number of anilines is 2. The predicted molar refractivity (Wildman–Crippen MR) is 540 cm³/mol. The third-order valence-electron chi connectivity index (χ3n) is 27.5. The van der Waals surface area contributed by atoms with Crippen LogP contribution in [0.2, 0.25) is 0 Å². The summed E-state index contributed by atoms with van der Waals surface area (Å²) in [4.78, 5) is 45.4. The molecule has 0 saturated heterocycles. The Morgan fingerprint density at radius 1 is 0.258 bits per heavy atom. The van der Waals surface area contributed by atoms with Crippen LogP contribution in [-0.4, -0.2) is 24.9 Å². The van der Waals surface area contributed by atoms with Crippen LogP contribution < -0.4 is 9.80 Å². The molecular formula is C112H178N2O2S4. The summed E-state index contributed by atoms with van der Waals surface area (Å²) >= 11 is 8.01. The second-order valence-corrected chi connectivity index (χ2v) is 42.1. The average Bonchev–Trinajstić information content (AvgIpc) is 1.56. The molecule has 6 heterocycles. The lowest BCUT2D eigenvalue weighted by Crippen LogP contribution is -2.30. The van der Waals surface area contributed by atoms with Crippen molar-refractivity contribution < 1.29 is 9.59 Å². The van der Waals surface area contributed by atoms with E-state index in [0.717, 1.165) is 72.9 Å². The molecular weight excluding hydrogens is 1530 g/mol. The molecule has 2 aliphatic rings. The van der Waals surface area contributed by atoms with Gasteiger partial charge in [-0.05, 0) is 143 Å². The fourth-order valence-corrected chi connectivity index (χ4v) is 24.5. The van der Waals surface area contributed by atoms with Gasteiger partial charge in [-0.2, -0.15) is 0 Å². The fraction of sp³-hybridized carbons (Fsp3) is 0.714. The van der Waals surface area contributed by atoms with Crippen LogP contribution in [0.15, 0.2) is 71.4 Å². The Kier molecular flexibility index (Phi) is 51.8. The Hall–Kier alpha value is -4.08. The van der Waals surface area contributed by atoms with E-state index in [-0.39, 0.29) is 11.8 Å². The maximum Gasteiger partial charge on any atom is 0.259 e. The van der Waals surface area contributed by atoms with Gasteiger partial charge in [0.05, 0.1) is 22.5 Å². The molecule has 0 radical (unpaired) electrons. The number of rotatable bonds is 74. The van der Waals surface area contributed by atoms with Gasteiger partial charge in [0.1, 0.15) is 0 Å². The fourth-order valence-electron chi connectivity index (χ4n) is 20.1. The van der Waals surface area contributed by atoms with E-state index < -0.39 is 0 Å². The highest BCUT2D eigenvalue weighted by molar-refractivity contribution is 7.24. The quantitative estimate of drug-likeness (QED) is 0.0282. The maximum atomic E-state index is 16.3. The molecule has 4 unspecified atom stereocenters. The molecule has 0 aliphatic carbocycles. The van der Waals surface area contributed by atoms with E-state index in [2.05, 4.69) is 150 Å². The smallest absolute Gasteiger partial charge is 0.259 e. The molecule has 0 fully saturated rings. The second kappa shape index (κ2) is 61.3. The first-order valence-electron chi connectivity index (χ1n) is 52.1. The van der Waals surface area contributed by atoms with Gasteiger partial charge in [0.15, 0.2) is 0 Å². The Labute approximate surface area is 755 Å². The van der Waals surface area contributed by atoms with E-state index in [1.165, 1.54) is 435 Å². The molecule has 0 saturated carbocycles. The normalized spacial score (nSPS) is 14.6. The molecule has 4 aromatic heterocycles. The number of thiophene rings is 4. The first-order valence-corrected chi connectivity index (χ1v) is 55.5. The number of hydrogen-bond donors (Lipinski definition) is 0. The number of nitrogens with zero attached hydrogens (tertiary/aromatic N) is 2. The Morgan fingerprint density at radius 3 is 0.775 bits per heavy atom. The molecule has 8 heteroatoms. The van der Waals surface area contributed by atoms with Crippen LogP contribution in [0.5, 0.6) is 0 Å². The van der Waals surface area contributed by atoms with Gasteiger partial charge in [0.25, 0.3) is 11.8 Å². The Morgan fingerprint density at radius 2 is 0.500 bits per heavy atom. The molecule has 672 valence electrons. The van der Waals surface area contributed by atoms with Gasteiger partial charge < -0.3 is 9.80 Å². The molecule has 2 aliphatic heterocycles. The lowest BCUT2D eigenvalue weighted by Gasteiger charge is -2.19. The highest BCUT2D eigenvalue weighted by Crippen LogP contribution is 2.52. The highest BCUT2D eigenvalue weighted by atomic mass is 32.1. The number of carbonyl (C=O) groups is 2. The van der Waals surface area contributed by atoms with Crippen LogP contribution in [0.3, 0.4) is 0 Å². The van der Waals surface area contributed by atoms with Crippen molar-refractivity contribution in [2.45, 2.75) is 480 Å². The number of fused-ring (bicyclic) bond motifs is 2. The minimum atomic E-state index is 0.0148. The summed E-state index contributed by atoms with van der Waals surface area (Å²) in [6, 6.07) is 24.7. The van der Waals surface area contributed by atoms with Crippen LogP contribution in [0.25, 0.3) is 51.5 Å². The SMILES string of the molecule is CCCCCCCCC(CCCCCC)Cc1csc(-c2cc(CC(CCCCCC)CCCCCCCC)c(-c3ccc4c(c3)N(CCCCCCCC)C(=O)/C4=C3/C(=O)N(CCCCCCCC)c4cc(-c5sc(-c6cc(CC(CCCCCC)CCCCCCCC)cs6)cc5CC(CCCCCC)CCCCCCCC)ccc43)s2)c1. The van der Waals surface area contributed by atoms with Crippen molar-refractivity contribution in [2.24, 2.45) is 23.7 Å². The zero-order valence-electron chi connectivity index (χ0n) is 79.3. The van der Waals surface area contributed by atoms with E-state index >= 15 is 9.59 Å². The van der Waals surface area contributed by atoms with Crippen molar-refractivity contribution in [2.75, 3.05) is 22.9 Å². The third-order valence-corrected chi connectivity index (χ3v) is 32.3. The number of amides is 2. The number of benzene rings is 2. The molecule has 120 heavy (non-hydrogen) atoms. The van der Waals surface area contributed by atoms with Crippen molar-refractivity contribution in [3.8, 4) is 40.4 Å². The van der Waals surface area contributed by atoms with Gasteiger partial charge in [-0.1, -0.05) is 466 Å². The van der Waals surface area contributed by atoms with Gasteiger partial charge in [-0.25, -0.2) is 0 Å². The Balaban J connectivity index is 1.24. The lowest BCUT2D eigenvalue weighted by molar-refractivity contribution is -0.114. The van der Waals surface area contributed by atoms with Crippen LogP contribution in [0, 0.1) is 23.7 Å². The van der Waals surface area contributed by atoms with Crippen molar-refractivity contribution in [1.29, 1.82) is 0 Å². The average molecular weight is 1710 g/mol. The summed E-state index contributed by atoms with van der Waals surface area (Å²) in [5.74, 6) is 2.80. The van der Waals surface area contributed by atoms with Crippen molar-refractivity contribution >= 4 is 79.7 Å². The van der Waals surface area contributed by atoms with E-state index in [1.54, 1.807) is 0 Å². The topological polar surface area (TPSA) is 40.6 Å². The third kappa shape index (κ3) is 34.9. The molecule has 0 spiro atoms. The highest BCUT2D eigenvalue weighted by Gasteiger charge is 2.43. The molecule has 4 nitrogen and oxygen atoms in total. The largest absolute Gasteiger partial charge is 0.308 e. The molecule has 2 amide bonds. The van der Waals surface area contributed by atoms with Crippen LogP contribution in [0.4, 0.5) is 11.4 Å². The number of carbonyl (C=O) groups excluding carboxylic acids is 2. The van der Waals surface area contributed by atoms with E-state index in [0.29, 0.717) is 36.1 Å². The van der Waals surface area contributed by atoms with E-state index in [1.807, 2.05) is 45.3 Å². The number of unbranched alkanes of at least 4 members (excludes halogenated alkanes) is 42. The predicted octanol–water partition coefficient (Wildman–Crippen LogP) is 38.4. The maximum absolute atomic E-state index is 16.3. The zero-order valence-corrected chi connectivity index (χ0v) is 82.5.